The molecular formula is C13H9F3N2O3S. The number of hydrogen-bond donors (Lipinski definition) is 1. The summed E-state index contributed by atoms with van der Waals surface area (Å²) in [6.07, 6.45) is -4.52. The van der Waals surface area contributed by atoms with Crippen LogP contribution in [0.5, 0.6) is 11.5 Å². The van der Waals surface area contributed by atoms with Gasteiger partial charge in [0.05, 0.1) is 6.42 Å². The Morgan fingerprint density at radius 3 is 2.82 bits per heavy atom. The van der Waals surface area contributed by atoms with E-state index in [4.69, 9.17) is 9.47 Å². The predicted molar refractivity (Wildman–Crippen MR) is 72.0 cm³/mol. The molecule has 1 aromatic carbocycles. The quantitative estimate of drug-likeness (QED) is 0.939. The first-order chi connectivity index (χ1) is 10.4. The van der Waals surface area contributed by atoms with Crippen molar-refractivity contribution in [2.45, 2.75) is 12.6 Å². The average Bonchev–Trinajstić information content (AvgIpc) is 3.05. The highest BCUT2D eigenvalue weighted by atomic mass is 32.1. The van der Waals surface area contributed by atoms with Crippen molar-refractivity contribution in [3.63, 3.8) is 0 Å². The SMILES string of the molecule is O=C(Cc1ccc2c(c1)OCO2)Nc1nc(C(F)(F)F)cs1. The van der Waals surface area contributed by atoms with Crippen LogP contribution in [0.3, 0.4) is 0 Å². The molecule has 116 valence electrons. The first-order valence-electron chi connectivity index (χ1n) is 6.13. The Morgan fingerprint density at radius 2 is 2.09 bits per heavy atom. The Bertz CT molecular complexity index is 715. The molecule has 1 aliphatic heterocycles. The molecule has 2 heterocycles. The van der Waals surface area contributed by atoms with Crippen LogP contribution in [0.2, 0.25) is 0 Å². The summed E-state index contributed by atoms with van der Waals surface area (Å²) in [5, 5.41) is 3.12. The van der Waals surface area contributed by atoms with Crippen LogP contribution in [-0.4, -0.2) is 17.7 Å². The highest BCUT2D eigenvalue weighted by Crippen LogP contribution is 2.33. The van der Waals surface area contributed by atoms with Crippen LogP contribution < -0.4 is 14.8 Å². The second-order valence-corrected chi connectivity index (χ2v) is 5.31. The summed E-state index contributed by atoms with van der Waals surface area (Å²) in [6, 6.07) is 5.02. The molecule has 0 unspecified atom stereocenters. The van der Waals surface area contributed by atoms with Gasteiger partial charge in [-0.1, -0.05) is 6.07 Å². The molecule has 0 atom stereocenters. The molecule has 1 N–H and O–H groups in total. The van der Waals surface area contributed by atoms with Crippen LogP contribution in [0.25, 0.3) is 0 Å². The standard InChI is InChI=1S/C13H9F3N2O3S/c14-13(15,16)10-5-22-12(17-10)18-11(19)4-7-1-2-8-9(3-7)21-6-20-8/h1-3,5H,4,6H2,(H,17,18,19). The summed E-state index contributed by atoms with van der Waals surface area (Å²) >= 11 is 0.728. The third-order valence-electron chi connectivity index (χ3n) is 2.84. The normalized spacial score (nSPS) is 13.2. The second kappa shape index (κ2) is 5.48. The van der Waals surface area contributed by atoms with E-state index in [-0.39, 0.29) is 18.3 Å². The fourth-order valence-electron chi connectivity index (χ4n) is 1.86. The number of hydrogen-bond acceptors (Lipinski definition) is 5. The molecule has 0 spiro atoms. The molecule has 22 heavy (non-hydrogen) atoms. The van der Waals surface area contributed by atoms with Crippen molar-refractivity contribution < 1.29 is 27.4 Å². The van der Waals surface area contributed by atoms with E-state index in [0.717, 1.165) is 16.7 Å². The number of benzene rings is 1. The highest BCUT2D eigenvalue weighted by molar-refractivity contribution is 7.13. The lowest BCUT2D eigenvalue weighted by Gasteiger charge is -2.04. The van der Waals surface area contributed by atoms with Crippen LogP contribution in [0.15, 0.2) is 23.6 Å². The number of halogens is 3. The lowest BCUT2D eigenvalue weighted by atomic mass is 10.1. The largest absolute Gasteiger partial charge is 0.454 e. The zero-order valence-corrected chi connectivity index (χ0v) is 11.8. The molecule has 0 aliphatic carbocycles. The van der Waals surface area contributed by atoms with Gasteiger partial charge in [0.25, 0.3) is 0 Å². The van der Waals surface area contributed by atoms with Crippen LogP contribution in [-0.2, 0) is 17.4 Å². The summed E-state index contributed by atoms with van der Waals surface area (Å²) in [6.45, 7) is 0.129. The molecule has 0 radical (unpaired) electrons. The number of alkyl halides is 3. The summed E-state index contributed by atoms with van der Waals surface area (Å²) in [4.78, 5) is 15.2. The van der Waals surface area contributed by atoms with E-state index in [0.29, 0.717) is 17.1 Å². The molecule has 2 aromatic rings. The molecule has 1 aromatic heterocycles. The van der Waals surface area contributed by atoms with Crippen LogP contribution in [0.4, 0.5) is 18.3 Å². The number of carbonyl (C=O) groups is 1. The lowest BCUT2D eigenvalue weighted by molar-refractivity contribution is -0.140. The number of ether oxygens (including phenoxy) is 2. The highest BCUT2D eigenvalue weighted by Gasteiger charge is 2.33. The predicted octanol–water partition coefficient (Wildman–Crippen LogP) is 3.07. The Hall–Kier alpha value is -2.29. The van der Waals surface area contributed by atoms with E-state index >= 15 is 0 Å². The van der Waals surface area contributed by atoms with Gasteiger partial charge in [-0.05, 0) is 17.7 Å². The van der Waals surface area contributed by atoms with Gasteiger partial charge in [-0.3, -0.25) is 4.79 Å². The zero-order chi connectivity index (χ0) is 15.7. The van der Waals surface area contributed by atoms with Gasteiger partial charge in [0.15, 0.2) is 22.3 Å². The Balaban J connectivity index is 1.64. The minimum Gasteiger partial charge on any atom is -0.454 e. The third kappa shape index (κ3) is 3.14. The maximum atomic E-state index is 12.4. The molecule has 0 saturated carbocycles. The van der Waals surface area contributed by atoms with Crippen LogP contribution >= 0.6 is 11.3 Å². The first-order valence-corrected chi connectivity index (χ1v) is 7.01. The van der Waals surface area contributed by atoms with E-state index in [1.165, 1.54) is 0 Å². The molecule has 5 nitrogen and oxygen atoms in total. The number of thiazole rings is 1. The number of aromatic nitrogens is 1. The summed E-state index contributed by atoms with van der Waals surface area (Å²) in [5.41, 5.74) is -0.356. The van der Waals surface area contributed by atoms with Gasteiger partial charge in [-0.15, -0.1) is 11.3 Å². The Kier molecular flexibility index (Phi) is 3.65. The van der Waals surface area contributed by atoms with Gasteiger partial charge >= 0.3 is 6.18 Å². The minimum absolute atomic E-state index is 0.00241. The molecule has 0 bridgehead atoms. The molecule has 0 fully saturated rings. The molecule has 9 heteroatoms. The van der Waals surface area contributed by atoms with E-state index in [1.807, 2.05) is 0 Å². The van der Waals surface area contributed by atoms with Crippen LogP contribution in [0, 0.1) is 0 Å². The van der Waals surface area contributed by atoms with Gasteiger partial charge in [-0.2, -0.15) is 13.2 Å². The van der Waals surface area contributed by atoms with Gasteiger partial charge in [0, 0.05) is 5.38 Å². The average molecular weight is 330 g/mol. The maximum Gasteiger partial charge on any atom is 0.434 e. The first kappa shape index (κ1) is 14.6. The summed E-state index contributed by atoms with van der Waals surface area (Å²) < 4.78 is 47.6. The van der Waals surface area contributed by atoms with Crippen LogP contribution in [0.1, 0.15) is 11.3 Å². The monoisotopic (exact) mass is 330 g/mol. The minimum atomic E-state index is -4.52. The smallest absolute Gasteiger partial charge is 0.434 e. The number of fused-ring (bicyclic) bond motifs is 1. The van der Waals surface area contributed by atoms with Gasteiger partial charge in [0.1, 0.15) is 0 Å². The van der Waals surface area contributed by atoms with Crippen molar-refractivity contribution in [1.82, 2.24) is 4.98 Å². The number of nitrogens with one attached hydrogen (secondary N) is 1. The van der Waals surface area contributed by atoms with Crippen molar-refractivity contribution in [3.8, 4) is 11.5 Å². The van der Waals surface area contributed by atoms with Crippen molar-refractivity contribution >= 4 is 22.4 Å². The molecule has 0 saturated heterocycles. The number of anilines is 1. The van der Waals surface area contributed by atoms with Crippen molar-refractivity contribution in [3.05, 3.63) is 34.8 Å². The van der Waals surface area contributed by atoms with Crippen molar-refractivity contribution in [1.29, 1.82) is 0 Å². The topological polar surface area (TPSA) is 60.5 Å². The number of carbonyl (C=O) groups excluding carboxylic acids is 1. The third-order valence-corrected chi connectivity index (χ3v) is 3.60. The van der Waals surface area contributed by atoms with Gasteiger partial charge in [0.2, 0.25) is 12.7 Å². The lowest BCUT2D eigenvalue weighted by Crippen LogP contribution is -2.14. The fraction of sp³-hybridized carbons (Fsp3) is 0.231. The van der Waals surface area contributed by atoms with E-state index in [2.05, 4.69) is 10.3 Å². The van der Waals surface area contributed by atoms with Crippen molar-refractivity contribution in [2.24, 2.45) is 0 Å². The number of amides is 1. The Morgan fingerprint density at radius 1 is 1.32 bits per heavy atom. The number of rotatable bonds is 3. The number of nitrogens with zero attached hydrogens (tertiary/aromatic N) is 1. The summed E-state index contributed by atoms with van der Waals surface area (Å²) in [7, 11) is 0. The summed E-state index contributed by atoms with van der Waals surface area (Å²) in [5.74, 6) is 0.680. The van der Waals surface area contributed by atoms with Gasteiger partial charge < -0.3 is 14.8 Å². The van der Waals surface area contributed by atoms with E-state index in [1.54, 1.807) is 18.2 Å². The van der Waals surface area contributed by atoms with E-state index < -0.39 is 17.8 Å². The molecular weight excluding hydrogens is 321 g/mol. The molecule has 1 aliphatic rings. The van der Waals surface area contributed by atoms with Crippen molar-refractivity contribution in [2.75, 3.05) is 12.1 Å². The van der Waals surface area contributed by atoms with Gasteiger partial charge in [-0.25, -0.2) is 4.98 Å². The fourth-order valence-corrected chi connectivity index (χ4v) is 2.59. The zero-order valence-electron chi connectivity index (χ0n) is 10.9. The Labute approximate surface area is 126 Å². The molecule has 1 amide bonds. The van der Waals surface area contributed by atoms with E-state index in [9.17, 15) is 18.0 Å². The second-order valence-electron chi connectivity index (χ2n) is 4.45. The maximum absolute atomic E-state index is 12.4. The molecule has 3 rings (SSSR count).